The van der Waals surface area contributed by atoms with Gasteiger partial charge in [-0.3, -0.25) is 4.57 Å². The van der Waals surface area contributed by atoms with Crippen molar-refractivity contribution < 1.29 is 13.2 Å². The molecule has 1 aromatic heterocycles. The van der Waals surface area contributed by atoms with Crippen molar-refractivity contribution >= 4 is 23.4 Å². The number of benzene rings is 2. The molecule has 144 valence electrons. The summed E-state index contributed by atoms with van der Waals surface area (Å²) < 4.78 is 41.1. The van der Waals surface area contributed by atoms with Gasteiger partial charge < -0.3 is 0 Å². The Balaban J connectivity index is 2.10. The number of nitriles is 1. The van der Waals surface area contributed by atoms with Crippen molar-refractivity contribution in [3.63, 3.8) is 0 Å². The maximum absolute atomic E-state index is 13.2. The molecule has 0 aliphatic heterocycles. The van der Waals surface area contributed by atoms with Crippen molar-refractivity contribution in [2.45, 2.75) is 24.2 Å². The molecule has 0 radical (unpaired) electrons. The molecule has 0 aliphatic carbocycles. The van der Waals surface area contributed by atoms with Crippen LogP contribution in [0.4, 0.5) is 13.2 Å². The summed E-state index contributed by atoms with van der Waals surface area (Å²) in [5, 5.41) is 17.9. The Kier molecular flexibility index (Phi) is 6.27. The van der Waals surface area contributed by atoms with Crippen LogP contribution in [0, 0.1) is 11.3 Å². The zero-order valence-corrected chi connectivity index (χ0v) is 16.0. The minimum absolute atomic E-state index is 0.289. The van der Waals surface area contributed by atoms with Crippen LogP contribution in [0.1, 0.15) is 18.4 Å². The van der Waals surface area contributed by atoms with Gasteiger partial charge in [0.15, 0.2) is 11.0 Å². The van der Waals surface area contributed by atoms with E-state index in [0.717, 1.165) is 12.1 Å². The summed E-state index contributed by atoms with van der Waals surface area (Å²) >= 11 is 7.60. The van der Waals surface area contributed by atoms with E-state index in [9.17, 15) is 13.2 Å². The van der Waals surface area contributed by atoms with Crippen LogP contribution in [0.5, 0.6) is 0 Å². The highest BCUT2D eigenvalue weighted by Crippen LogP contribution is 2.35. The van der Waals surface area contributed by atoms with Crippen molar-refractivity contribution in [3.8, 4) is 23.1 Å². The van der Waals surface area contributed by atoms with Crippen LogP contribution in [0.2, 0.25) is 5.02 Å². The number of rotatable bonds is 6. The van der Waals surface area contributed by atoms with Gasteiger partial charge in [-0.1, -0.05) is 41.6 Å². The van der Waals surface area contributed by atoms with Crippen molar-refractivity contribution in [1.29, 1.82) is 5.26 Å². The standard InChI is InChI=1S/C19H14ClF3N4S/c20-16-9-2-1-8-15(16)17-25-26-18(28-11-4-3-10-24)27(17)14-7-5-6-13(12-14)19(21,22)23/h1-2,5-9,12H,3-4,11H2. The van der Waals surface area contributed by atoms with Gasteiger partial charge in [0.05, 0.1) is 22.3 Å². The first-order valence-corrected chi connectivity index (χ1v) is 9.66. The fourth-order valence-electron chi connectivity index (χ4n) is 2.55. The quantitative estimate of drug-likeness (QED) is 0.361. The summed E-state index contributed by atoms with van der Waals surface area (Å²) in [4.78, 5) is 0. The highest BCUT2D eigenvalue weighted by atomic mass is 35.5. The molecule has 3 aromatic rings. The number of unbranched alkanes of at least 4 members (excludes halogenated alkanes) is 1. The lowest BCUT2D eigenvalue weighted by molar-refractivity contribution is -0.137. The van der Waals surface area contributed by atoms with E-state index in [4.69, 9.17) is 16.9 Å². The molecule has 0 saturated heterocycles. The monoisotopic (exact) mass is 422 g/mol. The van der Waals surface area contributed by atoms with Gasteiger partial charge in [0.2, 0.25) is 0 Å². The Morgan fingerprint density at radius 2 is 1.89 bits per heavy atom. The Hall–Kier alpha value is -2.50. The van der Waals surface area contributed by atoms with E-state index in [1.807, 2.05) is 0 Å². The lowest BCUT2D eigenvalue weighted by Crippen LogP contribution is -2.07. The molecular weight excluding hydrogens is 409 g/mol. The second-order valence-electron chi connectivity index (χ2n) is 5.78. The van der Waals surface area contributed by atoms with Crippen molar-refractivity contribution in [1.82, 2.24) is 14.8 Å². The second kappa shape index (κ2) is 8.67. The minimum Gasteiger partial charge on any atom is -0.270 e. The Morgan fingerprint density at radius 3 is 2.61 bits per heavy atom. The summed E-state index contributed by atoms with van der Waals surface area (Å²) in [6, 6.07) is 14.0. The average Bonchev–Trinajstić information content (AvgIpc) is 3.09. The maximum Gasteiger partial charge on any atom is 0.416 e. The lowest BCUT2D eigenvalue weighted by atomic mass is 10.1. The zero-order chi connectivity index (χ0) is 20.1. The molecule has 0 saturated carbocycles. The molecule has 2 aromatic carbocycles. The summed E-state index contributed by atoms with van der Waals surface area (Å²) in [6.07, 6.45) is -3.44. The fraction of sp³-hybridized carbons (Fsp3) is 0.211. The van der Waals surface area contributed by atoms with E-state index in [1.54, 1.807) is 34.9 Å². The molecule has 4 nitrogen and oxygen atoms in total. The van der Waals surface area contributed by atoms with Crippen LogP contribution in [0.3, 0.4) is 0 Å². The Morgan fingerprint density at radius 1 is 1.11 bits per heavy atom. The SMILES string of the molecule is N#CCCCSc1nnc(-c2ccccc2Cl)n1-c1cccc(C(F)(F)F)c1. The van der Waals surface area contributed by atoms with Gasteiger partial charge in [0.25, 0.3) is 0 Å². The first-order chi connectivity index (χ1) is 13.4. The van der Waals surface area contributed by atoms with E-state index < -0.39 is 11.7 Å². The van der Waals surface area contributed by atoms with Crippen LogP contribution in [0.25, 0.3) is 17.1 Å². The van der Waals surface area contributed by atoms with Gasteiger partial charge in [-0.25, -0.2) is 0 Å². The van der Waals surface area contributed by atoms with E-state index in [-0.39, 0.29) is 5.69 Å². The zero-order valence-electron chi connectivity index (χ0n) is 14.4. The van der Waals surface area contributed by atoms with Crippen LogP contribution in [-0.4, -0.2) is 20.5 Å². The second-order valence-corrected chi connectivity index (χ2v) is 7.25. The largest absolute Gasteiger partial charge is 0.416 e. The normalized spacial score (nSPS) is 11.4. The molecule has 0 fully saturated rings. The summed E-state index contributed by atoms with van der Waals surface area (Å²) in [6.45, 7) is 0. The lowest BCUT2D eigenvalue weighted by Gasteiger charge is -2.13. The van der Waals surface area contributed by atoms with Gasteiger partial charge in [-0.2, -0.15) is 18.4 Å². The average molecular weight is 423 g/mol. The minimum atomic E-state index is -4.46. The maximum atomic E-state index is 13.2. The number of nitrogens with zero attached hydrogens (tertiary/aromatic N) is 4. The molecule has 0 spiro atoms. The first-order valence-electron chi connectivity index (χ1n) is 8.29. The van der Waals surface area contributed by atoms with Crippen LogP contribution in [-0.2, 0) is 6.18 Å². The predicted molar refractivity (Wildman–Crippen MR) is 102 cm³/mol. The summed E-state index contributed by atoms with van der Waals surface area (Å²) in [7, 11) is 0. The molecule has 0 aliphatic rings. The molecular formula is C19H14ClF3N4S. The number of aromatic nitrogens is 3. The van der Waals surface area contributed by atoms with Gasteiger partial charge in [-0.05, 0) is 36.8 Å². The molecule has 3 rings (SSSR count). The van der Waals surface area contributed by atoms with E-state index in [1.165, 1.54) is 17.8 Å². The molecule has 0 bridgehead atoms. The topological polar surface area (TPSA) is 54.5 Å². The molecule has 0 atom stereocenters. The van der Waals surface area contributed by atoms with Crippen LogP contribution >= 0.6 is 23.4 Å². The highest BCUT2D eigenvalue weighted by molar-refractivity contribution is 7.99. The number of thioether (sulfide) groups is 1. The number of hydrogen-bond acceptors (Lipinski definition) is 4. The van der Waals surface area contributed by atoms with E-state index in [0.29, 0.717) is 40.2 Å². The van der Waals surface area contributed by atoms with Crippen molar-refractivity contribution in [2.75, 3.05) is 5.75 Å². The van der Waals surface area contributed by atoms with Crippen molar-refractivity contribution in [2.24, 2.45) is 0 Å². The molecule has 28 heavy (non-hydrogen) atoms. The van der Waals surface area contributed by atoms with Gasteiger partial charge in [0.1, 0.15) is 0 Å². The van der Waals surface area contributed by atoms with Gasteiger partial charge in [0, 0.05) is 17.7 Å². The Labute approximate surface area is 169 Å². The predicted octanol–water partition coefficient (Wildman–Crippen LogP) is 6.00. The third-order valence-electron chi connectivity index (χ3n) is 3.84. The number of halogens is 4. The van der Waals surface area contributed by atoms with Crippen molar-refractivity contribution in [3.05, 3.63) is 59.1 Å². The number of alkyl halides is 3. The fourth-order valence-corrected chi connectivity index (χ4v) is 3.66. The first kappa shape index (κ1) is 20.2. The third kappa shape index (κ3) is 4.49. The summed E-state index contributed by atoms with van der Waals surface area (Å²) in [5.41, 5.74) is 0.0970. The molecule has 0 amide bonds. The number of hydrogen-bond donors (Lipinski definition) is 0. The molecule has 0 unspecified atom stereocenters. The molecule has 1 heterocycles. The summed E-state index contributed by atoms with van der Waals surface area (Å²) in [5.74, 6) is 0.945. The van der Waals surface area contributed by atoms with Crippen LogP contribution < -0.4 is 0 Å². The molecule has 0 N–H and O–H groups in total. The van der Waals surface area contributed by atoms with E-state index >= 15 is 0 Å². The Bertz CT molecular complexity index is 1010. The van der Waals surface area contributed by atoms with Gasteiger partial charge in [-0.15, -0.1) is 10.2 Å². The van der Waals surface area contributed by atoms with Gasteiger partial charge >= 0.3 is 6.18 Å². The molecule has 9 heteroatoms. The van der Waals surface area contributed by atoms with Crippen LogP contribution in [0.15, 0.2) is 53.7 Å². The highest BCUT2D eigenvalue weighted by Gasteiger charge is 2.31. The van der Waals surface area contributed by atoms with E-state index in [2.05, 4.69) is 16.3 Å². The third-order valence-corrected chi connectivity index (χ3v) is 5.19. The smallest absolute Gasteiger partial charge is 0.270 e.